The minimum Gasteiger partial charge on any atom is -0.493 e. The molecule has 0 aliphatic carbocycles. The van der Waals surface area contributed by atoms with Crippen molar-refractivity contribution in [2.75, 3.05) is 25.2 Å². The van der Waals surface area contributed by atoms with Gasteiger partial charge >= 0.3 is 5.97 Å². The highest BCUT2D eigenvalue weighted by molar-refractivity contribution is 8.00. The van der Waals surface area contributed by atoms with Crippen LogP contribution in [0.4, 0.5) is 0 Å². The van der Waals surface area contributed by atoms with Gasteiger partial charge in [-0.05, 0) is 19.1 Å². The van der Waals surface area contributed by atoms with Crippen LogP contribution in [0, 0.1) is 0 Å². The molecule has 2 rings (SSSR count). The first-order chi connectivity index (χ1) is 9.67. The van der Waals surface area contributed by atoms with Gasteiger partial charge in [-0.15, -0.1) is 0 Å². The Kier molecular flexibility index (Phi) is 4.89. The molecule has 0 radical (unpaired) electrons. The molecule has 1 aliphatic heterocycles. The van der Waals surface area contributed by atoms with Gasteiger partial charge in [0.25, 0.3) is 5.78 Å². The summed E-state index contributed by atoms with van der Waals surface area (Å²) >= 11 is 1.76. The number of ketones is 1. The normalized spacial score (nSPS) is 14.3. The van der Waals surface area contributed by atoms with Gasteiger partial charge in [0.05, 0.1) is 19.3 Å². The number of thioether (sulfide) groups is 1. The van der Waals surface area contributed by atoms with Crippen molar-refractivity contribution in [3.05, 3.63) is 23.8 Å². The Morgan fingerprint density at radius 2 is 2.10 bits per heavy atom. The highest BCUT2D eigenvalue weighted by atomic mass is 32.2. The average Bonchev–Trinajstić information content (AvgIpc) is 2.42. The van der Waals surface area contributed by atoms with E-state index in [4.69, 9.17) is 14.2 Å². The van der Waals surface area contributed by atoms with Crippen LogP contribution in [0.1, 0.15) is 17.3 Å². The smallest absolute Gasteiger partial charge is 0.379 e. The van der Waals surface area contributed by atoms with Crippen LogP contribution >= 0.6 is 11.8 Å². The van der Waals surface area contributed by atoms with Crippen LogP contribution in [-0.4, -0.2) is 43.1 Å². The third-order valence-corrected chi connectivity index (χ3v) is 4.01. The van der Waals surface area contributed by atoms with Crippen molar-refractivity contribution < 1.29 is 23.8 Å². The quantitative estimate of drug-likeness (QED) is 0.454. The van der Waals surface area contributed by atoms with Gasteiger partial charge in [-0.3, -0.25) is 4.79 Å². The second-order valence-electron chi connectivity index (χ2n) is 4.16. The molecule has 5 nitrogen and oxygen atoms in total. The zero-order valence-electron chi connectivity index (χ0n) is 11.4. The highest BCUT2D eigenvalue weighted by Gasteiger charge is 2.28. The Bertz CT molecular complexity index is 510. The Morgan fingerprint density at radius 3 is 2.65 bits per heavy atom. The predicted octanol–water partition coefficient (Wildman–Crippen LogP) is 1.94. The lowest BCUT2D eigenvalue weighted by Gasteiger charge is -2.27. The molecule has 1 saturated heterocycles. The number of para-hydroxylation sites is 1. The first-order valence-corrected chi connectivity index (χ1v) is 7.45. The average molecular weight is 296 g/mol. The third kappa shape index (κ3) is 3.07. The van der Waals surface area contributed by atoms with Gasteiger partial charge in [0.2, 0.25) is 0 Å². The van der Waals surface area contributed by atoms with Gasteiger partial charge in [0, 0.05) is 11.5 Å². The second-order valence-corrected chi connectivity index (χ2v) is 5.24. The van der Waals surface area contributed by atoms with Gasteiger partial charge in [-0.2, -0.15) is 11.8 Å². The topological polar surface area (TPSA) is 61.8 Å². The van der Waals surface area contributed by atoms with E-state index in [1.165, 1.54) is 7.11 Å². The van der Waals surface area contributed by atoms with Crippen LogP contribution in [0.15, 0.2) is 18.2 Å². The number of Topliss-reactive ketones (excluding diaryl/α,β-unsaturated/α-hetero) is 1. The molecule has 6 heteroatoms. The number of esters is 1. The van der Waals surface area contributed by atoms with Gasteiger partial charge in [-0.25, -0.2) is 4.79 Å². The summed E-state index contributed by atoms with van der Waals surface area (Å²) in [6.45, 7) is 1.81. The van der Waals surface area contributed by atoms with Crippen molar-refractivity contribution in [3.63, 3.8) is 0 Å². The summed E-state index contributed by atoms with van der Waals surface area (Å²) in [6, 6.07) is 4.89. The fraction of sp³-hybridized carbons (Fsp3) is 0.429. The molecule has 1 aromatic carbocycles. The molecule has 0 amide bonds. The number of benzene rings is 1. The zero-order valence-corrected chi connectivity index (χ0v) is 12.2. The lowest BCUT2D eigenvalue weighted by Crippen LogP contribution is -2.32. The van der Waals surface area contributed by atoms with E-state index in [-0.39, 0.29) is 18.3 Å². The number of ether oxygens (including phenoxy) is 3. The maximum Gasteiger partial charge on any atom is 0.379 e. The number of rotatable bonds is 6. The molecule has 0 saturated carbocycles. The Balaban J connectivity index is 2.30. The predicted molar refractivity (Wildman–Crippen MR) is 75.7 cm³/mol. The molecule has 1 aliphatic rings. The van der Waals surface area contributed by atoms with E-state index in [9.17, 15) is 9.59 Å². The van der Waals surface area contributed by atoms with E-state index >= 15 is 0 Å². The van der Waals surface area contributed by atoms with Crippen LogP contribution in [-0.2, 0) is 9.53 Å². The van der Waals surface area contributed by atoms with E-state index in [2.05, 4.69) is 0 Å². The summed E-state index contributed by atoms with van der Waals surface area (Å²) in [7, 11) is 1.50. The van der Waals surface area contributed by atoms with Gasteiger partial charge < -0.3 is 14.2 Å². The first-order valence-electron chi connectivity index (χ1n) is 6.30. The molecule has 0 spiro atoms. The van der Waals surface area contributed by atoms with Gasteiger partial charge in [0.15, 0.2) is 11.5 Å². The van der Waals surface area contributed by atoms with E-state index in [1.54, 1.807) is 36.9 Å². The van der Waals surface area contributed by atoms with Crippen molar-refractivity contribution in [1.82, 2.24) is 0 Å². The molecule has 1 fully saturated rings. The van der Waals surface area contributed by atoms with E-state index in [0.717, 1.165) is 11.5 Å². The van der Waals surface area contributed by atoms with Crippen LogP contribution in [0.3, 0.4) is 0 Å². The Hall–Kier alpha value is -1.69. The zero-order chi connectivity index (χ0) is 14.5. The van der Waals surface area contributed by atoms with Crippen LogP contribution < -0.4 is 9.47 Å². The Labute approximate surface area is 121 Å². The molecule has 1 aromatic rings. The van der Waals surface area contributed by atoms with Crippen molar-refractivity contribution in [3.8, 4) is 11.5 Å². The second kappa shape index (κ2) is 6.65. The first kappa shape index (κ1) is 14.7. The highest BCUT2D eigenvalue weighted by Crippen LogP contribution is 2.35. The maximum atomic E-state index is 12.1. The summed E-state index contributed by atoms with van der Waals surface area (Å²) < 4.78 is 15.7. The van der Waals surface area contributed by atoms with Crippen molar-refractivity contribution in [1.29, 1.82) is 0 Å². The number of carbonyl (C=O) groups excluding carboxylic acids is 2. The molecule has 0 atom stereocenters. The summed E-state index contributed by atoms with van der Waals surface area (Å²) in [6.07, 6.45) is 0.0463. The van der Waals surface area contributed by atoms with Gasteiger partial charge in [0.1, 0.15) is 6.10 Å². The van der Waals surface area contributed by atoms with E-state index in [1.807, 2.05) is 0 Å². The monoisotopic (exact) mass is 296 g/mol. The molecular formula is C14H16O5S. The maximum absolute atomic E-state index is 12.1. The molecule has 0 N–H and O–H groups in total. The summed E-state index contributed by atoms with van der Waals surface area (Å²) in [5.41, 5.74) is 0.180. The Morgan fingerprint density at radius 1 is 1.35 bits per heavy atom. The van der Waals surface area contributed by atoms with E-state index < -0.39 is 11.8 Å². The number of methoxy groups -OCH3 is 1. The lowest BCUT2D eigenvalue weighted by molar-refractivity contribution is -0.137. The molecule has 1 heterocycles. The molecule has 20 heavy (non-hydrogen) atoms. The van der Waals surface area contributed by atoms with Crippen molar-refractivity contribution in [2.24, 2.45) is 0 Å². The largest absolute Gasteiger partial charge is 0.493 e. The van der Waals surface area contributed by atoms with Crippen LogP contribution in [0.2, 0.25) is 0 Å². The van der Waals surface area contributed by atoms with Crippen LogP contribution in [0.5, 0.6) is 11.5 Å². The minimum absolute atomic E-state index is 0.0463. The summed E-state index contributed by atoms with van der Waals surface area (Å²) in [5, 5.41) is 0. The number of carbonyl (C=O) groups is 2. The standard InChI is InChI=1S/C14H16O5S/c1-3-18-14(16)12(15)10-5-4-6-11(17-2)13(10)19-9-7-20-8-9/h4-6,9H,3,7-8H2,1-2H3. The lowest BCUT2D eigenvalue weighted by atomic mass is 10.1. The van der Waals surface area contributed by atoms with Crippen molar-refractivity contribution >= 4 is 23.5 Å². The molecule has 0 unspecified atom stereocenters. The molecule has 0 bridgehead atoms. The van der Waals surface area contributed by atoms with E-state index in [0.29, 0.717) is 11.5 Å². The van der Waals surface area contributed by atoms with Crippen molar-refractivity contribution in [2.45, 2.75) is 13.0 Å². The summed E-state index contributed by atoms with van der Waals surface area (Å²) in [5.74, 6) is 0.896. The molecule has 0 aromatic heterocycles. The van der Waals surface area contributed by atoms with Crippen LogP contribution in [0.25, 0.3) is 0 Å². The molecular weight excluding hydrogens is 280 g/mol. The summed E-state index contributed by atoms with van der Waals surface area (Å²) in [4.78, 5) is 23.7. The number of hydrogen-bond donors (Lipinski definition) is 0. The molecule has 108 valence electrons. The fourth-order valence-electron chi connectivity index (χ4n) is 1.73. The van der Waals surface area contributed by atoms with Gasteiger partial charge in [-0.1, -0.05) is 6.07 Å². The SMILES string of the molecule is CCOC(=O)C(=O)c1cccc(OC)c1OC1CSC1. The number of hydrogen-bond acceptors (Lipinski definition) is 6. The third-order valence-electron chi connectivity index (χ3n) is 2.80. The minimum atomic E-state index is -0.881. The fourth-order valence-corrected chi connectivity index (χ4v) is 2.30.